The maximum absolute atomic E-state index is 12.2. The van der Waals surface area contributed by atoms with Crippen LogP contribution in [0.5, 0.6) is 5.75 Å². The molecule has 1 heterocycles. The van der Waals surface area contributed by atoms with Crippen LogP contribution in [0.1, 0.15) is 18.4 Å². The molecule has 0 radical (unpaired) electrons. The summed E-state index contributed by atoms with van der Waals surface area (Å²) in [6.45, 7) is 3.30. The van der Waals surface area contributed by atoms with Crippen LogP contribution in [0.3, 0.4) is 0 Å². The molecule has 21 heavy (non-hydrogen) atoms. The van der Waals surface area contributed by atoms with Gasteiger partial charge in [0.2, 0.25) is 5.91 Å². The number of nitrogens with one attached hydrogen (secondary N) is 1. The van der Waals surface area contributed by atoms with E-state index in [4.69, 9.17) is 15.2 Å². The number of carbonyl (C=O) groups is 1. The van der Waals surface area contributed by atoms with E-state index in [1.165, 1.54) is 0 Å². The third-order valence-corrected chi connectivity index (χ3v) is 3.77. The summed E-state index contributed by atoms with van der Waals surface area (Å²) in [7, 11) is 1.62. The van der Waals surface area contributed by atoms with Crippen LogP contribution in [0, 0.1) is 12.8 Å². The van der Waals surface area contributed by atoms with E-state index in [0.29, 0.717) is 13.2 Å². The van der Waals surface area contributed by atoms with E-state index < -0.39 is 6.04 Å². The minimum atomic E-state index is -0.486. The summed E-state index contributed by atoms with van der Waals surface area (Å²) in [4.78, 5) is 12.2. The van der Waals surface area contributed by atoms with Crippen molar-refractivity contribution in [3.63, 3.8) is 0 Å². The van der Waals surface area contributed by atoms with E-state index >= 15 is 0 Å². The Morgan fingerprint density at radius 3 is 2.67 bits per heavy atom. The van der Waals surface area contributed by atoms with Gasteiger partial charge in [-0.1, -0.05) is 0 Å². The summed E-state index contributed by atoms with van der Waals surface area (Å²) < 4.78 is 10.4. The largest absolute Gasteiger partial charge is 0.497 e. The van der Waals surface area contributed by atoms with E-state index in [1.54, 1.807) is 7.11 Å². The van der Waals surface area contributed by atoms with Gasteiger partial charge in [0.1, 0.15) is 5.75 Å². The number of halogens is 1. The minimum absolute atomic E-state index is 0. The number of nitrogens with two attached hydrogens (primary N) is 1. The quantitative estimate of drug-likeness (QED) is 0.893. The van der Waals surface area contributed by atoms with Gasteiger partial charge in [0, 0.05) is 18.9 Å². The summed E-state index contributed by atoms with van der Waals surface area (Å²) >= 11 is 0. The van der Waals surface area contributed by atoms with E-state index in [-0.39, 0.29) is 24.2 Å². The van der Waals surface area contributed by atoms with Crippen LogP contribution in [0.25, 0.3) is 0 Å². The molecule has 1 aliphatic rings. The molecule has 1 fully saturated rings. The molecule has 1 aliphatic heterocycles. The molecule has 0 aromatic heterocycles. The number of benzene rings is 1. The van der Waals surface area contributed by atoms with E-state index in [9.17, 15) is 4.79 Å². The number of methoxy groups -OCH3 is 1. The highest BCUT2D eigenvalue weighted by Crippen LogP contribution is 2.23. The molecule has 1 aromatic carbocycles. The lowest BCUT2D eigenvalue weighted by molar-refractivity contribution is -0.119. The average molecular weight is 315 g/mol. The molecule has 2 rings (SSSR count). The number of anilines is 1. The van der Waals surface area contributed by atoms with Gasteiger partial charge in [0.05, 0.1) is 13.2 Å². The number of hydrogen-bond acceptors (Lipinski definition) is 4. The third kappa shape index (κ3) is 4.59. The second-order valence-electron chi connectivity index (χ2n) is 5.15. The fourth-order valence-corrected chi connectivity index (χ4v) is 2.41. The van der Waals surface area contributed by atoms with Crippen LogP contribution in [0.15, 0.2) is 18.2 Å². The highest BCUT2D eigenvalue weighted by atomic mass is 35.5. The van der Waals surface area contributed by atoms with E-state index in [2.05, 4.69) is 5.32 Å². The standard InChI is InChI=1S/C15H22N2O3.ClH/c1-10-9-12(19-2)3-4-13(10)17-15(18)14(16)11-5-7-20-8-6-11;/h3-4,9,11,14H,5-8,16H2,1-2H3,(H,17,18);1H. The molecule has 0 aliphatic carbocycles. The molecule has 6 heteroatoms. The number of hydrogen-bond donors (Lipinski definition) is 2. The van der Waals surface area contributed by atoms with E-state index in [1.807, 2.05) is 25.1 Å². The fourth-order valence-electron chi connectivity index (χ4n) is 2.41. The molecule has 1 atom stereocenters. The molecule has 0 spiro atoms. The molecule has 1 aromatic rings. The van der Waals surface area contributed by atoms with Crippen molar-refractivity contribution in [1.82, 2.24) is 0 Å². The molecule has 1 unspecified atom stereocenters. The number of carbonyl (C=O) groups excluding carboxylic acids is 1. The van der Waals surface area contributed by atoms with Gasteiger partial charge < -0.3 is 20.5 Å². The fraction of sp³-hybridized carbons (Fsp3) is 0.533. The first-order chi connectivity index (χ1) is 9.61. The van der Waals surface area contributed by atoms with Gasteiger partial charge in [-0.2, -0.15) is 0 Å². The topological polar surface area (TPSA) is 73.6 Å². The van der Waals surface area contributed by atoms with Gasteiger partial charge in [-0.25, -0.2) is 0 Å². The molecule has 3 N–H and O–H groups in total. The lowest BCUT2D eigenvalue weighted by Crippen LogP contribution is -2.44. The van der Waals surface area contributed by atoms with Crippen molar-refractivity contribution in [2.75, 3.05) is 25.6 Å². The Hall–Kier alpha value is -1.30. The first-order valence-corrected chi connectivity index (χ1v) is 6.90. The molecule has 1 saturated heterocycles. The van der Waals surface area contributed by atoms with Crippen LogP contribution < -0.4 is 15.8 Å². The van der Waals surface area contributed by atoms with Gasteiger partial charge in [-0.15, -0.1) is 12.4 Å². The Kier molecular flexibility index (Phi) is 6.95. The number of rotatable bonds is 4. The Labute approximate surface area is 131 Å². The molecule has 0 bridgehead atoms. The maximum Gasteiger partial charge on any atom is 0.241 e. The normalized spacial score (nSPS) is 16.7. The molecule has 118 valence electrons. The van der Waals surface area contributed by atoms with Gasteiger partial charge in [0.25, 0.3) is 0 Å². The summed E-state index contributed by atoms with van der Waals surface area (Å²) in [6, 6.07) is 5.06. The van der Waals surface area contributed by atoms with Crippen LogP contribution in [-0.4, -0.2) is 32.3 Å². The summed E-state index contributed by atoms with van der Waals surface area (Å²) in [5.41, 5.74) is 7.79. The third-order valence-electron chi connectivity index (χ3n) is 3.77. The zero-order valence-electron chi connectivity index (χ0n) is 12.4. The summed E-state index contributed by atoms with van der Waals surface area (Å²) in [5, 5.41) is 2.90. The van der Waals surface area contributed by atoms with Crippen molar-refractivity contribution in [3.8, 4) is 5.75 Å². The zero-order valence-corrected chi connectivity index (χ0v) is 13.2. The van der Waals surface area contributed by atoms with Crippen LogP contribution in [-0.2, 0) is 9.53 Å². The minimum Gasteiger partial charge on any atom is -0.497 e. The lowest BCUT2D eigenvalue weighted by Gasteiger charge is -2.27. The predicted molar refractivity (Wildman–Crippen MR) is 85.1 cm³/mol. The summed E-state index contributed by atoms with van der Waals surface area (Å²) in [5.74, 6) is 0.835. The second-order valence-corrected chi connectivity index (χ2v) is 5.15. The van der Waals surface area contributed by atoms with Crippen LogP contribution >= 0.6 is 12.4 Å². The van der Waals surface area contributed by atoms with E-state index in [0.717, 1.165) is 29.8 Å². The van der Waals surface area contributed by atoms with Crippen molar-refractivity contribution in [3.05, 3.63) is 23.8 Å². The predicted octanol–water partition coefficient (Wildman–Crippen LogP) is 2.12. The van der Waals surface area contributed by atoms with Crippen molar-refractivity contribution in [2.45, 2.75) is 25.8 Å². The highest BCUT2D eigenvalue weighted by molar-refractivity contribution is 5.95. The smallest absolute Gasteiger partial charge is 0.241 e. The Morgan fingerprint density at radius 2 is 2.10 bits per heavy atom. The molecule has 1 amide bonds. The lowest BCUT2D eigenvalue weighted by atomic mass is 9.92. The van der Waals surface area contributed by atoms with Gasteiger partial charge >= 0.3 is 0 Å². The Balaban J connectivity index is 0.00000220. The first-order valence-electron chi connectivity index (χ1n) is 6.90. The monoisotopic (exact) mass is 314 g/mol. The van der Waals surface area contributed by atoms with Gasteiger partial charge in [-0.3, -0.25) is 4.79 Å². The SMILES string of the molecule is COc1ccc(NC(=O)C(N)C2CCOCC2)c(C)c1.Cl. The Bertz CT molecular complexity index is 476. The maximum atomic E-state index is 12.2. The second kappa shape index (κ2) is 8.22. The van der Waals surface area contributed by atoms with Crippen molar-refractivity contribution >= 4 is 24.0 Å². The molecule has 0 saturated carbocycles. The van der Waals surface area contributed by atoms with Crippen molar-refractivity contribution < 1.29 is 14.3 Å². The number of aryl methyl sites for hydroxylation is 1. The van der Waals surface area contributed by atoms with Crippen LogP contribution in [0.2, 0.25) is 0 Å². The Morgan fingerprint density at radius 1 is 1.43 bits per heavy atom. The van der Waals surface area contributed by atoms with Gasteiger partial charge in [0.15, 0.2) is 0 Å². The summed E-state index contributed by atoms with van der Waals surface area (Å²) in [6.07, 6.45) is 1.69. The molecular weight excluding hydrogens is 292 g/mol. The molecular formula is C15H23ClN2O3. The first kappa shape index (κ1) is 17.8. The zero-order chi connectivity index (χ0) is 14.5. The average Bonchev–Trinajstić information content (AvgIpc) is 2.49. The van der Waals surface area contributed by atoms with Crippen LogP contribution in [0.4, 0.5) is 5.69 Å². The van der Waals surface area contributed by atoms with Crippen molar-refractivity contribution in [2.24, 2.45) is 11.7 Å². The number of amides is 1. The molecule has 5 nitrogen and oxygen atoms in total. The van der Waals surface area contributed by atoms with Crippen molar-refractivity contribution in [1.29, 1.82) is 0 Å². The number of ether oxygens (including phenoxy) is 2. The highest BCUT2D eigenvalue weighted by Gasteiger charge is 2.26. The van der Waals surface area contributed by atoms with Gasteiger partial charge in [-0.05, 0) is 49.4 Å².